The number of hydrogen-bond acceptors (Lipinski definition) is 3. The number of anilines is 1. The van der Waals surface area contributed by atoms with Gasteiger partial charge in [0.15, 0.2) is 17.7 Å². The van der Waals surface area contributed by atoms with Gasteiger partial charge in [-0.15, -0.1) is 10.5 Å². The van der Waals surface area contributed by atoms with Crippen molar-refractivity contribution in [3.63, 3.8) is 0 Å². The van der Waals surface area contributed by atoms with Crippen LogP contribution in [-0.4, -0.2) is 25.0 Å². The van der Waals surface area contributed by atoms with Crippen molar-refractivity contribution < 1.29 is 14.6 Å². The van der Waals surface area contributed by atoms with Gasteiger partial charge in [0.1, 0.15) is 0 Å². The van der Waals surface area contributed by atoms with E-state index in [1.165, 1.54) is 0 Å². The van der Waals surface area contributed by atoms with E-state index in [0.717, 1.165) is 17.0 Å². The van der Waals surface area contributed by atoms with Gasteiger partial charge in [-0.3, -0.25) is 0 Å². The summed E-state index contributed by atoms with van der Waals surface area (Å²) in [6, 6.07) is 15.4. The summed E-state index contributed by atoms with van der Waals surface area (Å²) in [5.74, 6) is 1.41. The van der Waals surface area contributed by atoms with Crippen LogP contribution in [0.2, 0.25) is 0 Å². The standard InChI is InChI=1S/C17H19N3O2S/c1-3-22-15-10-9-13(11-16(15)21-2)12-18-20-17(23)19-14-7-5-4-6-8-14/h4-12H,3H2,1-2H3,(H2,19,20,23)/p+1. The molecule has 0 saturated carbocycles. The third-order valence-corrected chi connectivity index (χ3v) is 3.15. The number of rotatable bonds is 6. The molecule has 0 radical (unpaired) electrons. The summed E-state index contributed by atoms with van der Waals surface area (Å²) in [7, 11) is 1.62. The maximum atomic E-state index is 5.49. The summed E-state index contributed by atoms with van der Waals surface area (Å²) in [6.45, 7) is 2.53. The minimum Gasteiger partial charge on any atom is -0.493 e. The predicted molar refractivity (Wildman–Crippen MR) is 96.1 cm³/mol. The molecule has 0 heterocycles. The van der Waals surface area contributed by atoms with Gasteiger partial charge in [-0.1, -0.05) is 18.2 Å². The fourth-order valence-electron chi connectivity index (χ4n) is 1.92. The van der Waals surface area contributed by atoms with Crippen LogP contribution in [0, 0.1) is 0 Å². The van der Waals surface area contributed by atoms with Crippen molar-refractivity contribution in [1.82, 2.24) is 5.43 Å². The van der Waals surface area contributed by atoms with E-state index in [2.05, 4.69) is 15.8 Å². The zero-order valence-corrected chi connectivity index (χ0v) is 13.9. The van der Waals surface area contributed by atoms with Crippen LogP contribution in [0.5, 0.6) is 11.5 Å². The van der Waals surface area contributed by atoms with Crippen molar-refractivity contribution in [1.29, 1.82) is 0 Å². The molecule has 5 nitrogen and oxygen atoms in total. The fraction of sp³-hybridized carbons (Fsp3) is 0.176. The highest BCUT2D eigenvalue weighted by atomic mass is 32.1. The van der Waals surface area contributed by atoms with E-state index >= 15 is 0 Å². The topological polar surface area (TPSA) is 56.5 Å². The number of hydrazine groups is 1. The molecule has 23 heavy (non-hydrogen) atoms. The van der Waals surface area contributed by atoms with Gasteiger partial charge < -0.3 is 14.8 Å². The first-order valence-corrected chi connectivity index (χ1v) is 7.65. The smallest absolute Gasteiger partial charge is 0.228 e. The zero-order valence-electron chi connectivity index (χ0n) is 13.1. The average molecular weight is 330 g/mol. The maximum absolute atomic E-state index is 5.49. The molecule has 0 aliphatic rings. The van der Waals surface area contributed by atoms with Crippen LogP contribution < -0.4 is 25.3 Å². The lowest BCUT2D eigenvalue weighted by Crippen LogP contribution is -2.82. The normalized spacial score (nSPS) is 10.3. The van der Waals surface area contributed by atoms with E-state index < -0.39 is 0 Å². The molecule has 6 heteroatoms. The van der Waals surface area contributed by atoms with Crippen LogP contribution in [0.25, 0.3) is 0 Å². The zero-order chi connectivity index (χ0) is 16.5. The molecule has 0 aliphatic heterocycles. The highest BCUT2D eigenvalue weighted by molar-refractivity contribution is 7.80. The minimum atomic E-state index is 0.477. The molecule has 0 fully saturated rings. The maximum Gasteiger partial charge on any atom is 0.228 e. The Morgan fingerprint density at radius 3 is 2.65 bits per heavy atom. The van der Waals surface area contributed by atoms with Gasteiger partial charge >= 0.3 is 0 Å². The first-order chi connectivity index (χ1) is 11.2. The van der Waals surface area contributed by atoms with Crippen LogP contribution in [-0.2, 0) is 0 Å². The number of para-hydroxylation sites is 1. The fourth-order valence-corrected chi connectivity index (χ4v) is 2.09. The third kappa shape index (κ3) is 5.27. The number of ether oxygens (including phenoxy) is 2. The molecule has 2 aromatic carbocycles. The van der Waals surface area contributed by atoms with E-state index in [-0.39, 0.29) is 0 Å². The van der Waals surface area contributed by atoms with Crippen molar-refractivity contribution in [2.75, 3.05) is 19.0 Å². The molecule has 0 saturated heterocycles. The van der Waals surface area contributed by atoms with Crippen LogP contribution in [0.1, 0.15) is 12.5 Å². The summed E-state index contributed by atoms with van der Waals surface area (Å²) in [6.07, 6.45) is 1.79. The van der Waals surface area contributed by atoms with Crippen LogP contribution in [0.4, 0.5) is 5.69 Å². The molecular weight excluding hydrogens is 310 g/mol. The van der Waals surface area contributed by atoms with E-state index in [0.29, 0.717) is 17.5 Å². The number of nitrogens with one attached hydrogen (secondary N) is 3. The first-order valence-electron chi connectivity index (χ1n) is 7.24. The van der Waals surface area contributed by atoms with Crippen LogP contribution in [0.3, 0.4) is 0 Å². The Morgan fingerprint density at radius 1 is 1.17 bits per heavy atom. The largest absolute Gasteiger partial charge is 0.493 e. The molecule has 0 aliphatic carbocycles. The van der Waals surface area contributed by atoms with Crippen molar-refractivity contribution in [2.24, 2.45) is 0 Å². The Hall–Kier alpha value is -2.60. The van der Waals surface area contributed by atoms with Gasteiger partial charge in [0.2, 0.25) is 5.11 Å². The van der Waals surface area contributed by atoms with Gasteiger partial charge in [0, 0.05) is 11.3 Å². The second-order valence-electron chi connectivity index (χ2n) is 4.58. The first kappa shape index (κ1) is 16.8. The molecule has 2 aromatic rings. The van der Waals surface area contributed by atoms with E-state index in [1.807, 2.05) is 55.5 Å². The van der Waals surface area contributed by atoms with E-state index in [1.54, 1.807) is 13.3 Å². The van der Waals surface area contributed by atoms with Gasteiger partial charge in [-0.25, -0.2) is 0 Å². The Bertz CT molecular complexity index is 675. The number of thiocarbonyl (C=S) groups is 1. The third-order valence-electron chi connectivity index (χ3n) is 2.94. The average Bonchev–Trinajstić information content (AvgIpc) is 2.57. The number of hydrazone groups is 1. The lowest BCUT2D eigenvalue weighted by molar-refractivity contribution is -0.499. The van der Waals surface area contributed by atoms with E-state index in [4.69, 9.17) is 21.7 Å². The van der Waals surface area contributed by atoms with Crippen molar-refractivity contribution in [3.05, 3.63) is 54.1 Å². The summed E-state index contributed by atoms with van der Waals surface area (Å²) >= 11 is 5.21. The monoisotopic (exact) mass is 330 g/mol. The summed E-state index contributed by atoms with van der Waals surface area (Å²) in [4.78, 5) is 0. The summed E-state index contributed by atoms with van der Waals surface area (Å²) in [5.41, 5.74) is 4.76. The van der Waals surface area contributed by atoms with Crippen molar-refractivity contribution in [3.8, 4) is 11.5 Å². The quantitative estimate of drug-likeness (QED) is 0.426. The Balaban J connectivity index is 1.93. The number of hydrogen-bond donors (Lipinski definition) is 3. The predicted octanol–water partition coefficient (Wildman–Crippen LogP) is 1.49. The lowest BCUT2D eigenvalue weighted by Gasteiger charge is -2.08. The van der Waals surface area contributed by atoms with Crippen molar-refractivity contribution in [2.45, 2.75) is 6.92 Å². The summed E-state index contributed by atoms with van der Waals surface area (Å²) in [5, 5.41) is 6.50. The minimum absolute atomic E-state index is 0.477. The number of benzene rings is 2. The Morgan fingerprint density at radius 2 is 1.96 bits per heavy atom. The SMILES string of the molecule is CCOc1ccc(C=[NH+]NC(=S)Nc2ccccc2)cc1OC. The lowest BCUT2D eigenvalue weighted by atomic mass is 10.2. The number of methoxy groups -OCH3 is 1. The Labute approximate surface area is 141 Å². The molecule has 3 N–H and O–H groups in total. The van der Waals surface area contributed by atoms with Crippen LogP contribution in [0.15, 0.2) is 48.5 Å². The van der Waals surface area contributed by atoms with Crippen molar-refractivity contribution >= 4 is 29.2 Å². The molecule has 2 rings (SSSR count). The second kappa shape index (κ2) is 8.75. The highest BCUT2D eigenvalue weighted by Crippen LogP contribution is 2.27. The molecule has 0 unspecified atom stereocenters. The molecule has 120 valence electrons. The molecular formula is C17H20N3O2S+. The van der Waals surface area contributed by atoms with Gasteiger partial charge in [0.05, 0.1) is 13.7 Å². The molecule has 0 amide bonds. The Kier molecular flexibility index (Phi) is 6.38. The summed E-state index contributed by atoms with van der Waals surface area (Å²) < 4.78 is 10.8. The van der Waals surface area contributed by atoms with E-state index in [9.17, 15) is 0 Å². The second-order valence-corrected chi connectivity index (χ2v) is 4.99. The molecule has 0 atom stereocenters. The van der Waals surface area contributed by atoms with Gasteiger partial charge in [-0.2, -0.15) is 0 Å². The molecule has 0 bridgehead atoms. The van der Waals surface area contributed by atoms with Gasteiger partial charge in [-0.05, 0) is 49.5 Å². The molecule has 0 spiro atoms. The van der Waals surface area contributed by atoms with Gasteiger partial charge in [0.25, 0.3) is 0 Å². The molecule has 0 aromatic heterocycles. The van der Waals surface area contributed by atoms with Crippen LogP contribution >= 0.6 is 12.2 Å². The highest BCUT2D eigenvalue weighted by Gasteiger charge is 2.05.